The molecule has 0 spiro atoms. The van der Waals surface area contributed by atoms with Gasteiger partial charge in [-0.3, -0.25) is 0 Å². The third-order valence-electron chi connectivity index (χ3n) is 2.79. The lowest BCUT2D eigenvalue weighted by Crippen LogP contribution is -1.99. The van der Waals surface area contributed by atoms with Gasteiger partial charge in [-0.15, -0.1) is 0 Å². The molecule has 1 nitrogen and oxygen atoms in total. The highest BCUT2D eigenvalue weighted by molar-refractivity contribution is 5.34. The zero-order valence-electron chi connectivity index (χ0n) is 8.57. The first-order valence-electron chi connectivity index (χ1n) is 5.18. The van der Waals surface area contributed by atoms with Crippen LogP contribution < -0.4 is 4.74 Å². The van der Waals surface area contributed by atoms with Crippen molar-refractivity contribution in [3.63, 3.8) is 0 Å². The van der Waals surface area contributed by atoms with Gasteiger partial charge in [0.2, 0.25) is 0 Å². The molecular weight excluding hydrogens is 172 g/mol. The summed E-state index contributed by atoms with van der Waals surface area (Å²) in [6.07, 6.45) is 8.24. The Balaban J connectivity index is 2.11. The molecule has 14 heavy (non-hydrogen) atoms. The average molecular weight is 188 g/mol. The molecule has 74 valence electrons. The molecule has 0 aromatic heterocycles. The summed E-state index contributed by atoms with van der Waals surface area (Å²) < 4.78 is 5.33. The minimum atomic E-state index is 0.714. The van der Waals surface area contributed by atoms with Crippen LogP contribution in [0.3, 0.4) is 0 Å². The molecule has 0 saturated carbocycles. The predicted octanol–water partition coefficient (Wildman–Crippen LogP) is 3.20. The normalized spacial score (nSPS) is 19.9. The Morgan fingerprint density at radius 2 is 2.21 bits per heavy atom. The summed E-state index contributed by atoms with van der Waals surface area (Å²) in [5, 5.41) is 0. The summed E-state index contributed by atoms with van der Waals surface area (Å²) in [7, 11) is 1.74. The van der Waals surface area contributed by atoms with E-state index in [-0.39, 0.29) is 0 Å². The van der Waals surface area contributed by atoms with Crippen molar-refractivity contribution in [2.45, 2.75) is 19.3 Å². The standard InChI is InChI=1S/C13H16O/c1-14-13-9-5-4-8-12(13)10-11-6-2-3-7-11/h2,4-6,8-9,11H,3,7,10H2,1H3. The number of para-hydroxylation sites is 1. The Labute approximate surface area is 85.4 Å². The second-order valence-corrected chi connectivity index (χ2v) is 3.78. The third-order valence-corrected chi connectivity index (χ3v) is 2.79. The van der Waals surface area contributed by atoms with Crippen LogP contribution in [-0.2, 0) is 6.42 Å². The van der Waals surface area contributed by atoms with Gasteiger partial charge in [-0.05, 0) is 36.8 Å². The first-order chi connectivity index (χ1) is 6.90. The highest BCUT2D eigenvalue weighted by atomic mass is 16.5. The first kappa shape index (κ1) is 9.32. The lowest BCUT2D eigenvalue weighted by Gasteiger charge is -2.11. The van der Waals surface area contributed by atoms with Gasteiger partial charge in [0, 0.05) is 0 Å². The van der Waals surface area contributed by atoms with Gasteiger partial charge in [0.05, 0.1) is 7.11 Å². The van der Waals surface area contributed by atoms with Crippen LogP contribution >= 0.6 is 0 Å². The largest absolute Gasteiger partial charge is 0.496 e. The van der Waals surface area contributed by atoms with E-state index in [1.165, 1.54) is 18.4 Å². The van der Waals surface area contributed by atoms with E-state index in [1.807, 2.05) is 12.1 Å². The van der Waals surface area contributed by atoms with Gasteiger partial charge >= 0.3 is 0 Å². The number of allylic oxidation sites excluding steroid dienone is 2. The van der Waals surface area contributed by atoms with Crippen molar-refractivity contribution >= 4 is 0 Å². The molecule has 0 heterocycles. The Morgan fingerprint density at radius 1 is 1.36 bits per heavy atom. The van der Waals surface area contributed by atoms with Crippen LogP contribution in [0.25, 0.3) is 0 Å². The van der Waals surface area contributed by atoms with Crippen LogP contribution in [0.2, 0.25) is 0 Å². The van der Waals surface area contributed by atoms with Crippen LogP contribution in [0.4, 0.5) is 0 Å². The fourth-order valence-electron chi connectivity index (χ4n) is 2.02. The van der Waals surface area contributed by atoms with E-state index < -0.39 is 0 Å². The quantitative estimate of drug-likeness (QED) is 0.662. The van der Waals surface area contributed by atoms with E-state index in [4.69, 9.17) is 4.74 Å². The molecule has 1 aliphatic rings. The molecule has 1 unspecified atom stereocenters. The third kappa shape index (κ3) is 1.98. The van der Waals surface area contributed by atoms with Gasteiger partial charge in [0.15, 0.2) is 0 Å². The van der Waals surface area contributed by atoms with E-state index in [9.17, 15) is 0 Å². The molecular formula is C13H16O. The van der Waals surface area contributed by atoms with Crippen molar-refractivity contribution in [1.29, 1.82) is 0 Å². The summed E-state index contributed by atoms with van der Waals surface area (Å²) in [4.78, 5) is 0. The van der Waals surface area contributed by atoms with Crippen LogP contribution in [0, 0.1) is 5.92 Å². The monoisotopic (exact) mass is 188 g/mol. The van der Waals surface area contributed by atoms with E-state index in [1.54, 1.807) is 7.11 Å². The van der Waals surface area contributed by atoms with Crippen molar-refractivity contribution in [3.8, 4) is 5.75 Å². The molecule has 1 aliphatic carbocycles. The lowest BCUT2D eigenvalue weighted by atomic mass is 9.98. The summed E-state index contributed by atoms with van der Waals surface area (Å²) >= 11 is 0. The van der Waals surface area contributed by atoms with Gasteiger partial charge in [-0.25, -0.2) is 0 Å². The summed E-state index contributed by atoms with van der Waals surface area (Å²) in [5.74, 6) is 1.74. The summed E-state index contributed by atoms with van der Waals surface area (Å²) in [5.41, 5.74) is 1.33. The minimum absolute atomic E-state index is 0.714. The van der Waals surface area contributed by atoms with E-state index in [0.717, 1.165) is 12.2 Å². The fraction of sp³-hybridized carbons (Fsp3) is 0.385. The van der Waals surface area contributed by atoms with Crippen molar-refractivity contribution in [2.75, 3.05) is 7.11 Å². The van der Waals surface area contributed by atoms with Crippen molar-refractivity contribution < 1.29 is 4.74 Å². The maximum absolute atomic E-state index is 5.33. The fourth-order valence-corrected chi connectivity index (χ4v) is 2.02. The Hall–Kier alpha value is -1.24. The maximum atomic E-state index is 5.33. The Morgan fingerprint density at radius 3 is 2.93 bits per heavy atom. The molecule has 1 heteroatoms. The number of hydrogen-bond donors (Lipinski definition) is 0. The number of methoxy groups -OCH3 is 1. The molecule has 0 saturated heterocycles. The SMILES string of the molecule is COc1ccccc1CC1C=CCC1. The second kappa shape index (κ2) is 4.32. The maximum Gasteiger partial charge on any atom is 0.122 e. The Kier molecular flexibility index (Phi) is 2.87. The van der Waals surface area contributed by atoms with Crippen LogP contribution in [0.5, 0.6) is 5.75 Å². The summed E-state index contributed by atoms with van der Waals surface area (Å²) in [6.45, 7) is 0. The van der Waals surface area contributed by atoms with Gasteiger partial charge < -0.3 is 4.74 Å². The van der Waals surface area contributed by atoms with Crippen LogP contribution in [-0.4, -0.2) is 7.11 Å². The Bertz CT molecular complexity index is 328. The zero-order valence-corrected chi connectivity index (χ0v) is 8.57. The van der Waals surface area contributed by atoms with Gasteiger partial charge in [0.1, 0.15) is 5.75 Å². The number of hydrogen-bond acceptors (Lipinski definition) is 1. The molecule has 1 aromatic carbocycles. The van der Waals surface area contributed by atoms with Crippen molar-refractivity contribution in [2.24, 2.45) is 5.92 Å². The predicted molar refractivity (Wildman–Crippen MR) is 58.6 cm³/mol. The van der Waals surface area contributed by atoms with Gasteiger partial charge in [-0.2, -0.15) is 0 Å². The smallest absolute Gasteiger partial charge is 0.122 e. The van der Waals surface area contributed by atoms with Crippen molar-refractivity contribution in [1.82, 2.24) is 0 Å². The topological polar surface area (TPSA) is 9.23 Å². The molecule has 2 rings (SSSR count). The molecule has 0 aliphatic heterocycles. The van der Waals surface area contributed by atoms with Crippen LogP contribution in [0.15, 0.2) is 36.4 Å². The molecule has 0 bridgehead atoms. The molecule has 1 atom stereocenters. The molecule has 1 aromatic rings. The van der Waals surface area contributed by atoms with Gasteiger partial charge in [-0.1, -0.05) is 30.4 Å². The zero-order chi connectivity index (χ0) is 9.80. The number of ether oxygens (including phenoxy) is 1. The van der Waals surface area contributed by atoms with Gasteiger partial charge in [0.25, 0.3) is 0 Å². The van der Waals surface area contributed by atoms with E-state index >= 15 is 0 Å². The molecule has 0 N–H and O–H groups in total. The van der Waals surface area contributed by atoms with E-state index in [2.05, 4.69) is 24.3 Å². The molecule has 0 radical (unpaired) electrons. The average Bonchev–Trinajstić information content (AvgIpc) is 2.71. The summed E-state index contributed by atoms with van der Waals surface area (Å²) in [6, 6.07) is 8.29. The highest BCUT2D eigenvalue weighted by Gasteiger charge is 2.12. The van der Waals surface area contributed by atoms with Crippen LogP contribution in [0.1, 0.15) is 18.4 Å². The molecule has 0 amide bonds. The van der Waals surface area contributed by atoms with E-state index in [0.29, 0.717) is 5.92 Å². The minimum Gasteiger partial charge on any atom is -0.496 e. The lowest BCUT2D eigenvalue weighted by molar-refractivity contribution is 0.407. The first-order valence-corrected chi connectivity index (χ1v) is 5.18. The second-order valence-electron chi connectivity index (χ2n) is 3.78. The number of rotatable bonds is 3. The molecule has 0 fully saturated rings. The van der Waals surface area contributed by atoms with Crippen molar-refractivity contribution in [3.05, 3.63) is 42.0 Å². The highest BCUT2D eigenvalue weighted by Crippen LogP contribution is 2.26. The number of benzene rings is 1.